The Morgan fingerprint density at radius 1 is 1.21 bits per heavy atom. The maximum atomic E-state index is 14.3. The molecule has 202 valence electrons. The number of alkyl halides is 3. The second-order valence-electron chi connectivity index (χ2n) is 9.36. The number of thiazole rings is 1. The first-order valence-corrected chi connectivity index (χ1v) is 12.5. The average molecular weight is 555 g/mol. The van der Waals surface area contributed by atoms with Crippen molar-refractivity contribution in [1.29, 1.82) is 0 Å². The Kier molecular flexibility index (Phi) is 6.73. The number of benzene rings is 1. The highest BCUT2D eigenvalue weighted by Crippen LogP contribution is 2.43. The number of halogens is 5. The van der Waals surface area contributed by atoms with E-state index in [1.165, 1.54) is 17.2 Å². The molecule has 1 unspecified atom stereocenters. The van der Waals surface area contributed by atoms with E-state index >= 15 is 0 Å². The summed E-state index contributed by atoms with van der Waals surface area (Å²) in [7, 11) is 0. The monoisotopic (exact) mass is 554 g/mol. The number of rotatable bonds is 4. The first-order valence-electron chi connectivity index (χ1n) is 11.7. The van der Waals surface area contributed by atoms with E-state index in [-0.39, 0.29) is 40.9 Å². The highest BCUT2D eigenvalue weighted by Gasteiger charge is 2.45. The molecule has 3 heterocycles. The summed E-state index contributed by atoms with van der Waals surface area (Å²) < 4.78 is 69.4. The second kappa shape index (κ2) is 9.75. The molecule has 3 aromatic rings. The molecule has 1 aliphatic carbocycles. The fraction of sp³-hybridized carbons (Fsp3) is 0.375. The van der Waals surface area contributed by atoms with Gasteiger partial charge < -0.3 is 26.8 Å². The predicted octanol–water partition coefficient (Wildman–Crippen LogP) is 4.01. The lowest BCUT2D eigenvalue weighted by atomic mass is 9.93. The fourth-order valence-electron chi connectivity index (χ4n) is 5.00. The van der Waals surface area contributed by atoms with Crippen molar-refractivity contribution in [3.05, 3.63) is 53.0 Å². The zero-order valence-electron chi connectivity index (χ0n) is 19.7. The molecule has 0 radical (unpaired) electrons. The normalized spacial score (nSPS) is 21.4. The number of aliphatic hydroxyl groups is 1. The molecule has 1 aliphatic heterocycles. The Labute approximate surface area is 217 Å². The average Bonchev–Trinajstić information content (AvgIpc) is 3.40. The summed E-state index contributed by atoms with van der Waals surface area (Å²) in [6.07, 6.45) is -3.68. The zero-order valence-corrected chi connectivity index (χ0v) is 20.5. The van der Waals surface area contributed by atoms with E-state index in [2.05, 4.69) is 15.3 Å². The molecular weight excluding hydrogens is 531 g/mol. The summed E-state index contributed by atoms with van der Waals surface area (Å²) in [6, 6.07) is 2.50. The minimum atomic E-state index is -4.47. The number of hydrogen-bond acceptors (Lipinski definition) is 8. The molecule has 38 heavy (non-hydrogen) atoms. The van der Waals surface area contributed by atoms with Crippen LogP contribution in [-0.2, 0) is 6.42 Å². The third kappa shape index (κ3) is 4.78. The highest BCUT2D eigenvalue weighted by atomic mass is 32.1. The third-order valence-corrected chi connectivity index (χ3v) is 7.62. The van der Waals surface area contributed by atoms with Crippen LogP contribution >= 0.6 is 11.3 Å². The van der Waals surface area contributed by atoms with Gasteiger partial charge in [-0.25, -0.2) is 13.8 Å². The Morgan fingerprint density at radius 2 is 1.92 bits per heavy atom. The molecule has 5 rings (SSSR count). The van der Waals surface area contributed by atoms with E-state index in [0.717, 1.165) is 12.1 Å². The molecule has 8 nitrogen and oxygen atoms in total. The minimum absolute atomic E-state index is 0.0869. The number of nitrogens with one attached hydrogen (secondary N) is 1. The number of amides is 1. The summed E-state index contributed by atoms with van der Waals surface area (Å²) in [4.78, 5) is 22.9. The molecule has 6 N–H and O–H groups in total. The number of nitrogen functional groups attached to an aromatic ring is 1. The molecule has 2 aromatic heterocycles. The molecule has 0 spiro atoms. The third-order valence-electron chi connectivity index (χ3n) is 6.72. The molecule has 2 aliphatic rings. The van der Waals surface area contributed by atoms with Gasteiger partial charge >= 0.3 is 6.18 Å². The molecule has 14 heteroatoms. The number of pyridine rings is 1. The van der Waals surface area contributed by atoms with Crippen molar-refractivity contribution in [3.63, 3.8) is 0 Å². The van der Waals surface area contributed by atoms with Gasteiger partial charge in [0.1, 0.15) is 21.6 Å². The number of carbonyl (C=O) groups excluding carboxylic acids is 1. The van der Waals surface area contributed by atoms with E-state index in [9.17, 15) is 31.9 Å². The van der Waals surface area contributed by atoms with Crippen LogP contribution in [0.4, 0.5) is 38.3 Å². The number of nitrogens with two attached hydrogens (primary N) is 2. The molecule has 1 aromatic carbocycles. The van der Waals surface area contributed by atoms with Crippen molar-refractivity contribution >= 4 is 33.6 Å². The minimum Gasteiger partial charge on any atom is -0.389 e. The number of fused-ring (bicyclic) bond motifs is 1. The van der Waals surface area contributed by atoms with Crippen LogP contribution in [0, 0.1) is 17.6 Å². The zero-order chi connectivity index (χ0) is 27.4. The summed E-state index contributed by atoms with van der Waals surface area (Å²) in [5, 5.41) is 12.7. The van der Waals surface area contributed by atoms with Crippen LogP contribution in [0.1, 0.15) is 40.7 Å². The molecule has 1 fully saturated rings. The van der Waals surface area contributed by atoms with Crippen LogP contribution in [0.3, 0.4) is 0 Å². The van der Waals surface area contributed by atoms with E-state index in [1.54, 1.807) is 0 Å². The fourth-order valence-corrected chi connectivity index (χ4v) is 5.88. The Balaban J connectivity index is 1.51. The van der Waals surface area contributed by atoms with Crippen molar-refractivity contribution in [3.8, 4) is 10.6 Å². The molecule has 0 bridgehead atoms. The lowest BCUT2D eigenvalue weighted by Gasteiger charge is -2.40. The smallest absolute Gasteiger partial charge is 0.389 e. The standard InChI is InChI=1S/C24H23F5N6O2S/c25-13-2-1-3-14(26)17(13)23-34-19(21(31)38-23)22(37)33-15-7-32-18-12(4-5-16(18)36)20(15)35-8-10(24(27,28)29)6-11(30)9-35/h1-3,7,10-11,16,36H,4-6,8-9,30-31H2,(H,33,37)/t10-,11+,16?/m1/s1. The summed E-state index contributed by atoms with van der Waals surface area (Å²) in [6.45, 7) is -0.292. The van der Waals surface area contributed by atoms with Crippen LogP contribution in [0.15, 0.2) is 24.4 Å². The largest absolute Gasteiger partial charge is 0.393 e. The lowest BCUT2D eigenvalue weighted by molar-refractivity contribution is -0.177. The molecule has 1 saturated heterocycles. The summed E-state index contributed by atoms with van der Waals surface area (Å²) >= 11 is 0.716. The van der Waals surface area contributed by atoms with Gasteiger partial charge in [-0.05, 0) is 31.4 Å². The molecular formula is C24H23F5N6O2S. The van der Waals surface area contributed by atoms with Gasteiger partial charge in [-0.3, -0.25) is 9.78 Å². The van der Waals surface area contributed by atoms with Crippen molar-refractivity contribution < 1.29 is 31.9 Å². The Bertz CT molecular complexity index is 1380. The van der Waals surface area contributed by atoms with Crippen LogP contribution in [0.5, 0.6) is 0 Å². The predicted molar refractivity (Wildman–Crippen MR) is 132 cm³/mol. The van der Waals surface area contributed by atoms with Gasteiger partial charge in [0.15, 0.2) is 5.69 Å². The SMILES string of the molecule is Nc1sc(-c2c(F)cccc2F)nc1C(=O)Nc1cnc2c(c1N1C[C@@H](N)C[C@@H](C(F)(F)F)C1)CCC2O. The second-order valence-corrected chi connectivity index (χ2v) is 10.4. The van der Waals surface area contributed by atoms with Crippen molar-refractivity contribution in [1.82, 2.24) is 9.97 Å². The number of aromatic nitrogens is 2. The maximum absolute atomic E-state index is 14.3. The van der Waals surface area contributed by atoms with Gasteiger partial charge in [0.2, 0.25) is 0 Å². The van der Waals surface area contributed by atoms with Crippen LogP contribution in [-0.4, -0.2) is 46.3 Å². The molecule has 3 atom stereocenters. The first-order chi connectivity index (χ1) is 17.9. The number of piperidine rings is 1. The van der Waals surface area contributed by atoms with Gasteiger partial charge in [0.25, 0.3) is 5.91 Å². The topological polar surface area (TPSA) is 130 Å². The maximum Gasteiger partial charge on any atom is 0.393 e. The Hall–Kier alpha value is -3.36. The van der Waals surface area contributed by atoms with Crippen molar-refractivity contribution in [2.45, 2.75) is 37.6 Å². The van der Waals surface area contributed by atoms with Crippen LogP contribution in [0.2, 0.25) is 0 Å². The van der Waals surface area contributed by atoms with E-state index in [4.69, 9.17) is 11.5 Å². The highest BCUT2D eigenvalue weighted by molar-refractivity contribution is 7.19. The van der Waals surface area contributed by atoms with Crippen LogP contribution in [0.25, 0.3) is 10.6 Å². The number of anilines is 3. The summed E-state index contributed by atoms with van der Waals surface area (Å²) in [5.74, 6) is -4.28. The van der Waals surface area contributed by atoms with Crippen LogP contribution < -0.4 is 21.7 Å². The molecule has 1 amide bonds. The first kappa shape index (κ1) is 26.3. The van der Waals surface area contributed by atoms with Crippen molar-refractivity contribution in [2.24, 2.45) is 11.7 Å². The van der Waals surface area contributed by atoms with Gasteiger partial charge in [0, 0.05) is 24.7 Å². The quantitative estimate of drug-likeness (QED) is 0.359. The lowest BCUT2D eigenvalue weighted by Crippen LogP contribution is -2.51. The van der Waals surface area contributed by atoms with E-state index in [0.29, 0.717) is 41.1 Å². The number of hydrogen-bond donors (Lipinski definition) is 4. The van der Waals surface area contributed by atoms with Crippen molar-refractivity contribution in [2.75, 3.05) is 29.0 Å². The van der Waals surface area contributed by atoms with E-state index in [1.807, 2.05) is 0 Å². The summed E-state index contributed by atoms with van der Waals surface area (Å²) in [5.41, 5.74) is 12.4. The van der Waals surface area contributed by atoms with Gasteiger partial charge in [-0.1, -0.05) is 17.4 Å². The van der Waals surface area contributed by atoms with Gasteiger partial charge in [-0.15, -0.1) is 0 Å². The number of nitrogens with zero attached hydrogens (tertiary/aromatic N) is 3. The van der Waals surface area contributed by atoms with E-state index < -0.39 is 47.3 Å². The number of aliphatic hydroxyl groups excluding tert-OH is 1. The number of carbonyl (C=O) groups is 1. The Morgan fingerprint density at radius 3 is 2.61 bits per heavy atom. The van der Waals surface area contributed by atoms with Gasteiger partial charge in [0.05, 0.1) is 40.9 Å². The van der Waals surface area contributed by atoms with Gasteiger partial charge in [-0.2, -0.15) is 13.2 Å². The molecule has 0 saturated carbocycles.